The Morgan fingerprint density at radius 3 is 2.59 bits per heavy atom. The smallest absolute Gasteiger partial charge is 0.134 e. The Balaban J connectivity index is 2.14. The molecule has 0 spiro atoms. The molecule has 0 atom stereocenters. The van der Waals surface area contributed by atoms with E-state index in [4.69, 9.17) is 40.5 Å². The normalized spacial score (nSPS) is 12.1. The van der Waals surface area contributed by atoms with Crippen molar-refractivity contribution in [3.63, 3.8) is 0 Å². The maximum Gasteiger partial charge on any atom is 0.134 e. The van der Waals surface area contributed by atoms with Gasteiger partial charge in [0.1, 0.15) is 11.5 Å². The number of fused-ring (bicyclic) bond motifs is 1. The van der Waals surface area contributed by atoms with Crippen LogP contribution in [0.1, 0.15) is 5.56 Å². The van der Waals surface area contributed by atoms with Gasteiger partial charge in [0.25, 0.3) is 0 Å². The third kappa shape index (κ3) is 2.82. The molecular formula is C14H8BrCl3N4. The van der Waals surface area contributed by atoms with Crippen molar-refractivity contribution in [1.29, 1.82) is 0 Å². The highest BCUT2D eigenvalue weighted by Crippen LogP contribution is 2.33. The second-order valence-corrected chi connectivity index (χ2v) is 6.54. The van der Waals surface area contributed by atoms with Gasteiger partial charge in [-0.15, -0.1) is 0 Å². The van der Waals surface area contributed by atoms with Crippen LogP contribution in [0.15, 0.2) is 46.1 Å². The summed E-state index contributed by atoms with van der Waals surface area (Å²) in [6.45, 7) is 0. The third-order valence-corrected chi connectivity index (χ3v) is 4.43. The molecule has 0 aliphatic heterocycles. The highest BCUT2D eigenvalue weighted by atomic mass is 79.9. The summed E-state index contributed by atoms with van der Waals surface area (Å²) < 4.78 is 2.51. The summed E-state index contributed by atoms with van der Waals surface area (Å²) in [5.41, 5.74) is 7.68. The predicted octanol–water partition coefficient (Wildman–Crippen LogP) is 5.09. The Morgan fingerprint density at radius 1 is 1.23 bits per heavy atom. The zero-order chi connectivity index (χ0) is 15.9. The molecule has 0 aliphatic rings. The number of aromatic nitrogens is 2. The minimum absolute atomic E-state index is 0.187. The van der Waals surface area contributed by atoms with Gasteiger partial charge in [0, 0.05) is 10.7 Å². The minimum atomic E-state index is 0.187. The molecule has 112 valence electrons. The van der Waals surface area contributed by atoms with Crippen molar-refractivity contribution >= 4 is 67.8 Å². The van der Waals surface area contributed by atoms with Gasteiger partial charge in [-0.1, -0.05) is 40.9 Å². The Morgan fingerprint density at radius 2 is 1.91 bits per heavy atom. The maximum absolute atomic E-state index is 6.39. The van der Waals surface area contributed by atoms with Crippen LogP contribution in [0.5, 0.6) is 0 Å². The van der Waals surface area contributed by atoms with E-state index in [0.29, 0.717) is 26.3 Å². The average molecular weight is 419 g/mol. The summed E-state index contributed by atoms with van der Waals surface area (Å²) in [5.74, 6) is 0.187. The van der Waals surface area contributed by atoms with Gasteiger partial charge < -0.3 is 5.73 Å². The number of hydrogen-bond donors (Lipinski definition) is 1. The number of amidine groups is 1. The van der Waals surface area contributed by atoms with E-state index in [9.17, 15) is 0 Å². The van der Waals surface area contributed by atoms with Gasteiger partial charge in [-0.05, 0) is 34.1 Å². The van der Waals surface area contributed by atoms with Crippen LogP contribution in [0.2, 0.25) is 15.1 Å². The standard InChI is InChI=1S/C14H8BrCl3N4/c15-7-4-11-12(18)8(5-20-22(11)6-7)14(19)21-13-9(16)2-1-3-10(13)17/h1-6H,(H2,19,21). The molecule has 4 nitrogen and oxygen atoms in total. The molecule has 0 saturated carbocycles. The van der Waals surface area contributed by atoms with Gasteiger partial charge in [-0.3, -0.25) is 0 Å². The Hall–Kier alpha value is -1.27. The highest BCUT2D eigenvalue weighted by molar-refractivity contribution is 9.10. The molecule has 3 aromatic rings. The maximum atomic E-state index is 6.39. The lowest BCUT2D eigenvalue weighted by molar-refractivity contribution is 0.937. The first kappa shape index (κ1) is 15.6. The fourth-order valence-electron chi connectivity index (χ4n) is 1.95. The monoisotopic (exact) mass is 416 g/mol. The number of hydrogen-bond acceptors (Lipinski definition) is 2. The van der Waals surface area contributed by atoms with Crippen molar-refractivity contribution in [2.75, 3.05) is 0 Å². The first-order valence-corrected chi connectivity index (χ1v) is 8.01. The van der Waals surface area contributed by atoms with Crippen molar-refractivity contribution in [2.24, 2.45) is 10.7 Å². The van der Waals surface area contributed by atoms with Gasteiger partial charge in [0.15, 0.2) is 0 Å². The van der Waals surface area contributed by atoms with Crippen molar-refractivity contribution in [3.05, 3.63) is 61.8 Å². The van der Waals surface area contributed by atoms with Crippen LogP contribution in [0.25, 0.3) is 5.52 Å². The first-order chi connectivity index (χ1) is 10.5. The Bertz CT molecular complexity index is 884. The first-order valence-electron chi connectivity index (χ1n) is 6.08. The molecule has 3 rings (SSSR count). The summed E-state index contributed by atoms with van der Waals surface area (Å²) in [6, 6.07) is 6.95. The average Bonchev–Trinajstić information content (AvgIpc) is 2.85. The largest absolute Gasteiger partial charge is 0.383 e. The second kappa shape index (κ2) is 6.08. The fraction of sp³-hybridized carbons (Fsp3) is 0. The van der Waals surface area contributed by atoms with E-state index in [-0.39, 0.29) is 5.84 Å². The van der Waals surface area contributed by atoms with E-state index in [1.165, 1.54) is 0 Å². The summed E-state index contributed by atoms with van der Waals surface area (Å²) in [6.07, 6.45) is 3.34. The van der Waals surface area contributed by atoms with Crippen molar-refractivity contribution < 1.29 is 0 Å². The van der Waals surface area contributed by atoms with Crippen molar-refractivity contribution in [1.82, 2.24) is 9.61 Å². The van der Waals surface area contributed by atoms with Crippen molar-refractivity contribution in [3.8, 4) is 0 Å². The summed E-state index contributed by atoms with van der Waals surface area (Å²) in [4.78, 5) is 4.29. The van der Waals surface area contributed by atoms with Crippen LogP contribution in [-0.2, 0) is 0 Å². The molecule has 1 aromatic carbocycles. The lowest BCUT2D eigenvalue weighted by Gasteiger charge is -2.07. The molecular weight excluding hydrogens is 410 g/mol. The minimum Gasteiger partial charge on any atom is -0.383 e. The molecule has 0 saturated heterocycles. The summed E-state index contributed by atoms with van der Waals surface area (Å²) in [5, 5.41) is 5.51. The Kier molecular flexibility index (Phi) is 4.32. The highest BCUT2D eigenvalue weighted by Gasteiger charge is 2.13. The fourth-order valence-corrected chi connectivity index (χ4v) is 3.13. The molecule has 0 fully saturated rings. The Labute approximate surface area is 149 Å². The number of benzene rings is 1. The van der Waals surface area contributed by atoms with Gasteiger partial charge in [0.2, 0.25) is 0 Å². The molecule has 0 radical (unpaired) electrons. The van der Waals surface area contributed by atoms with E-state index in [2.05, 4.69) is 26.0 Å². The van der Waals surface area contributed by atoms with Gasteiger partial charge >= 0.3 is 0 Å². The number of nitrogens with two attached hydrogens (primary N) is 1. The zero-order valence-corrected chi connectivity index (χ0v) is 14.7. The molecule has 0 bridgehead atoms. The molecule has 8 heteroatoms. The number of rotatable bonds is 2. The molecule has 0 unspecified atom stereocenters. The summed E-state index contributed by atoms with van der Waals surface area (Å²) >= 11 is 22.0. The topological polar surface area (TPSA) is 55.7 Å². The molecule has 0 aliphatic carbocycles. The van der Waals surface area contributed by atoms with Crippen LogP contribution >= 0.6 is 50.7 Å². The number of nitrogens with zero attached hydrogens (tertiary/aromatic N) is 3. The van der Waals surface area contributed by atoms with Crippen LogP contribution in [-0.4, -0.2) is 15.4 Å². The van der Waals surface area contributed by atoms with E-state index >= 15 is 0 Å². The molecule has 2 heterocycles. The van der Waals surface area contributed by atoms with Gasteiger partial charge in [-0.2, -0.15) is 5.10 Å². The number of halogens is 4. The van der Waals surface area contributed by atoms with E-state index in [1.54, 1.807) is 35.1 Å². The van der Waals surface area contributed by atoms with Crippen LogP contribution < -0.4 is 5.73 Å². The van der Waals surface area contributed by atoms with E-state index < -0.39 is 0 Å². The van der Waals surface area contributed by atoms with Crippen LogP contribution in [0.4, 0.5) is 5.69 Å². The zero-order valence-electron chi connectivity index (χ0n) is 10.9. The molecule has 22 heavy (non-hydrogen) atoms. The number of aliphatic imine (C=N–C) groups is 1. The van der Waals surface area contributed by atoms with Crippen molar-refractivity contribution in [2.45, 2.75) is 0 Å². The van der Waals surface area contributed by atoms with E-state index in [1.807, 2.05) is 6.07 Å². The van der Waals surface area contributed by atoms with Crippen LogP contribution in [0, 0.1) is 0 Å². The SMILES string of the molecule is NC(=Nc1c(Cl)cccc1Cl)c1cnn2cc(Br)cc2c1Cl. The second-order valence-electron chi connectivity index (χ2n) is 4.43. The van der Waals surface area contributed by atoms with E-state index in [0.717, 1.165) is 9.99 Å². The van der Waals surface area contributed by atoms with Crippen LogP contribution in [0.3, 0.4) is 0 Å². The quantitative estimate of drug-likeness (QED) is 0.465. The van der Waals surface area contributed by atoms with Gasteiger partial charge in [0.05, 0.1) is 32.3 Å². The number of para-hydroxylation sites is 1. The third-order valence-electron chi connectivity index (χ3n) is 2.99. The molecule has 2 N–H and O–H groups in total. The lowest BCUT2D eigenvalue weighted by atomic mass is 10.2. The molecule has 0 amide bonds. The van der Waals surface area contributed by atoms with Gasteiger partial charge in [-0.25, -0.2) is 9.51 Å². The predicted molar refractivity (Wildman–Crippen MR) is 94.7 cm³/mol. The lowest BCUT2D eigenvalue weighted by Crippen LogP contribution is -2.15. The summed E-state index contributed by atoms with van der Waals surface area (Å²) in [7, 11) is 0. The molecule has 2 aromatic heterocycles.